The maximum Gasteiger partial charge on any atom is 0.212 e. The summed E-state index contributed by atoms with van der Waals surface area (Å²) in [5.41, 5.74) is 24.2. The predicted octanol–water partition coefficient (Wildman–Crippen LogP) is 17.3. The van der Waals surface area contributed by atoms with E-state index >= 15 is 0 Å². The first-order valence-electron chi connectivity index (χ1n) is 34.5. The molecule has 2 atom stereocenters. The zero-order chi connectivity index (χ0) is 70.9. The van der Waals surface area contributed by atoms with E-state index in [1.807, 2.05) is 74.0 Å². The molecule has 5 nitrogen and oxygen atoms in total. The molecule has 0 saturated carbocycles. The Morgan fingerprint density at radius 1 is 0.310 bits per heavy atom. The highest BCUT2D eigenvalue weighted by Gasteiger charge is 2.20. The number of aromatic nitrogens is 5. The van der Waals surface area contributed by atoms with Gasteiger partial charge in [-0.25, -0.2) is 22.8 Å². The van der Waals surface area contributed by atoms with Gasteiger partial charge < -0.3 is 0 Å². The van der Waals surface area contributed by atoms with Crippen LogP contribution in [0.5, 0.6) is 0 Å². The van der Waals surface area contributed by atoms with Gasteiger partial charge in [-0.3, -0.25) is 0 Å². The van der Waals surface area contributed by atoms with Gasteiger partial charge >= 0.3 is 0 Å². The van der Waals surface area contributed by atoms with Gasteiger partial charge in [-0.15, -0.1) is 0 Å². The summed E-state index contributed by atoms with van der Waals surface area (Å²) in [6.07, 6.45) is 9.62. The minimum Gasteiger partial charge on any atom is -0.201 e. The van der Waals surface area contributed by atoms with Gasteiger partial charge in [-0.2, -0.15) is 0 Å². The van der Waals surface area contributed by atoms with Gasteiger partial charge in [0.2, 0.25) is 28.5 Å². The lowest BCUT2D eigenvalue weighted by Crippen LogP contribution is -2.32. The molecule has 2 unspecified atom stereocenters. The zero-order valence-corrected chi connectivity index (χ0v) is 53.3. The van der Waals surface area contributed by atoms with Gasteiger partial charge in [-0.1, -0.05) is 131 Å². The van der Waals surface area contributed by atoms with Crippen LogP contribution in [-0.2, 0) is 35.2 Å². The standard InChI is InChI=1S/3C17H22N.2C14H16N/c1-12(2)16-10-17(18(5)11-14(16)4)15-9-7-6-8-13(15)3;2*1-12(2)16-11-18(5)17(10-14(16)4)15-9-7-6-8-13(15)3;2*1-11-7-8-12(2)13(10-11)14-6-4-5-9-15(14)3/h3*6-12H,1-5H3;2*4-10H,1-3H3/q5*+1/i1D3,4D3,12D;1D3,12D;;;. The summed E-state index contributed by atoms with van der Waals surface area (Å²) in [4.78, 5) is 0. The molecule has 10 aromatic rings. The van der Waals surface area contributed by atoms with Crippen LogP contribution in [0.15, 0.2) is 195 Å². The highest BCUT2D eigenvalue weighted by Crippen LogP contribution is 2.29. The van der Waals surface area contributed by atoms with Crippen molar-refractivity contribution in [3.05, 3.63) is 267 Å². The first-order valence-corrected chi connectivity index (χ1v) is 29.0. The lowest BCUT2D eigenvalue weighted by Gasteiger charge is -2.11. The molecule has 0 aliphatic heterocycles. The van der Waals surface area contributed by atoms with Crippen LogP contribution in [0.1, 0.15) is 147 Å². The fraction of sp³-hybridized carbons (Fsp3) is 0.304. The average molecular weight is 1130 g/mol. The molecule has 0 fully saturated rings. The molecule has 5 aromatic carbocycles. The van der Waals surface area contributed by atoms with E-state index in [1.54, 1.807) is 17.8 Å². The van der Waals surface area contributed by atoms with Crippen molar-refractivity contribution in [2.45, 2.75) is 128 Å². The van der Waals surface area contributed by atoms with E-state index in [9.17, 15) is 0 Å². The first kappa shape index (κ1) is 50.4. The molecule has 10 rings (SSSR count). The van der Waals surface area contributed by atoms with Gasteiger partial charge in [0.1, 0.15) is 35.2 Å². The maximum absolute atomic E-state index is 8.40. The number of rotatable bonds is 8. The number of pyridine rings is 5. The third-order valence-electron chi connectivity index (χ3n) is 15.4. The molecule has 0 aliphatic carbocycles. The van der Waals surface area contributed by atoms with Crippen molar-refractivity contribution >= 4 is 0 Å². The van der Waals surface area contributed by atoms with Crippen LogP contribution in [0.3, 0.4) is 0 Å². The Hall–Kier alpha value is -8.15. The van der Waals surface area contributed by atoms with E-state index in [2.05, 4.69) is 225 Å². The molecule has 0 radical (unpaired) electrons. The Morgan fingerprint density at radius 2 is 0.667 bits per heavy atom. The van der Waals surface area contributed by atoms with Crippen LogP contribution < -0.4 is 22.8 Å². The molecule has 434 valence electrons. The highest BCUT2D eigenvalue weighted by atomic mass is 14.9. The Labute approximate surface area is 522 Å². The van der Waals surface area contributed by atoms with Crippen LogP contribution in [0.2, 0.25) is 0 Å². The van der Waals surface area contributed by atoms with E-state index in [0.29, 0.717) is 17.2 Å². The van der Waals surface area contributed by atoms with Crippen molar-refractivity contribution in [2.24, 2.45) is 35.2 Å². The summed E-state index contributed by atoms with van der Waals surface area (Å²) in [6.45, 7) is 18.4. The number of hydrogen-bond donors (Lipinski definition) is 0. The van der Waals surface area contributed by atoms with Gasteiger partial charge in [0.15, 0.2) is 31.0 Å². The van der Waals surface area contributed by atoms with Crippen molar-refractivity contribution < 1.29 is 37.9 Å². The van der Waals surface area contributed by atoms with Crippen molar-refractivity contribution in [3.63, 3.8) is 0 Å². The number of hydrogen-bond acceptors (Lipinski definition) is 0. The Balaban J connectivity index is 0.000000190. The SMILES string of the molecule is Cc1ccc(C)c(-c2cccc[n+]2C)c1.Cc1ccc(C)c(-c2cccc[n+]2C)c1.Cc1ccccc1-c1cc(C)c(C(C)C)c[n+]1C.[2H]C([2H])([2H])C([2H])(C)c1c[n+](C)c(-c2ccccc2C)cc1C.[2H]C([2H])([2H])c1c[n+](C)c(-c2ccccc2C)cc1C([2H])(C)C([2H])([2H])[2H]. The van der Waals surface area contributed by atoms with Crippen molar-refractivity contribution in [2.75, 3.05) is 0 Å². The molecule has 5 heteroatoms. The Bertz CT molecular complexity index is 4220. The van der Waals surface area contributed by atoms with E-state index < -0.39 is 32.3 Å². The molecule has 0 N–H and O–H groups in total. The minimum absolute atomic E-state index is 0.00357. The van der Waals surface area contributed by atoms with Crippen LogP contribution in [0.4, 0.5) is 0 Å². The van der Waals surface area contributed by atoms with E-state index in [1.165, 1.54) is 98.8 Å². The minimum atomic E-state index is -2.66. The molecule has 84 heavy (non-hydrogen) atoms. The van der Waals surface area contributed by atoms with Gasteiger partial charge in [0.05, 0.1) is 0 Å². The zero-order valence-electron chi connectivity index (χ0n) is 64.3. The number of aryl methyl sites for hydroxylation is 15. The molecular weight excluding hydrogens is 1020 g/mol. The molecular formula is C79H98N5+5. The lowest BCUT2D eigenvalue weighted by molar-refractivity contribution is -0.661. The van der Waals surface area contributed by atoms with Crippen LogP contribution in [0, 0.1) is 69.2 Å². The van der Waals surface area contributed by atoms with Gasteiger partial charge in [0.25, 0.3) is 0 Å². The normalized spacial score (nSPS) is 14.5. The second kappa shape index (κ2) is 29.9. The van der Waals surface area contributed by atoms with E-state index in [4.69, 9.17) is 15.1 Å². The highest BCUT2D eigenvalue weighted by molar-refractivity contribution is 5.65. The number of nitrogens with zero attached hydrogens (tertiary/aromatic N) is 5. The largest absolute Gasteiger partial charge is 0.212 e. The van der Waals surface area contributed by atoms with Crippen LogP contribution >= 0.6 is 0 Å². The third-order valence-corrected chi connectivity index (χ3v) is 15.4. The van der Waals surface area contributed by atoms with Crippen LogP contribution in [-0.4, -0.2) is 0 Å². The third kappa shape index (κ3) is 16.8. The van der Waals surface area contributed by atoms with Crippen molar-refractivity contribution in [1.29, 1.82) is 0 Å². The topological polar surface area (TPSA) is 19.4 Å². The van der Waals surface area contributed by atoms with Crippen LogP contribution in [0.25, 0.3) is 56.3 Å². The molecule has 0 bridgehead atoms. The quantitative estimate of drug-likeness (QED) is 0.135. The van der Waals surface area contributed by atoms with Gasteiger partial charge in [0, 0.05) is 102 Å². The molecule has 5 heterocycles. The van der Waals surface area contributed by atoms with E-state index in [-0.39, 0.29) is 11.1 Å². The average Bonchev–Trinajstić information content (AvgIpc) is 0.757. The second-order valence-electron chi connectivity index (χ2n) is 22.8. The molecule has 0 spiro atoms. The monoisotopic (exact) mass is 1130 g/mol. The summed E-state index contributed by atoms with van der Waals surface area (Å²) >= 11 is 0. The summed E-state index contributed by atoms with van der Waals surface area (Å²) in [5, 5.41) is 0. The predicted molar refractivity (Wildman–Crippen MR) is 355 cm³/mol. The summed E-state index contributed by atoms with van der Waals surface area (Å²) in [7, 11) is 9.90. The number of benzene rings is 5. The fourth-order valence-corrected chi connectivity index (χ4v) is 10.5. The van der Waals surface area contributed by atoms with E-state index in [0.717, 1.165) is 33.5 Å². The first-order chi connectivity index (χ1) is 44.2. The smallest absolute Gasteiger partial charge is 0.201 e. The molecule has 5 aromatic heterocycles. The molecule has 0 amide bonds. The van der Waals surface area contributed by atoms with Crippen molar-refractivity contribution in [3.8, 4) is 56.3 Å². The fourth-order valence-electron chi connectivity index (χ4n) is 10.5. The lowest BCUT2D eigenvalue weighted by atomic mass is 9.96. The Morgan fingerprint density at radius 3 is 1.06 bits per heavy atom. The van der Waals surface area contributed by atoms with Gasteiger partial charge in [-0.05, 0) is 174 Å². The molecule has 0 saturated heterocycles. The summed E-state index contributed by atoms with van der Waals surface area (Å²) < 4.78 is 96.1. The summed E-state index contributed by atoms with van der Waals surface area (Å²) in [6, 6.07) is 55.7. The molecule has 0 aliphatic rings. The Kier molecular flexibility index (Phi) is 17.9. The second-order valence-corrected chi connectivity index (χ2v) is 22.8. The van der Waals surface area contributed by atoms with Crippen molar-refractivity contribution in [1.82, 2.24) is 0 Å². The maximum atomic E-state index is 8.40. The summed E-state index contributed by atoms with van der Waals surface area (Å²) in [5.74, 6) is -3.09.